The highest BCUT2D eigenvalue weighted by Crippen LogP contribution is 2.40. The van der Waals surface area contributed by atoms with Gasteiger partial charge in [0.2, 0.25) is 0 Å². The van der Waals surface area contributed by atoms with Crippen LogP contribution in [0.5, 0.6) is 11.5 Å². The molecule has 2 nitrogen and oxygen atoms in total. The average Bonchev–Trinajstić information content (AvgIpc) is 2.38. The van der Waals surface area contributed by atoms with Crippen LogP contribution in [0.3, 0.4) is 0 Å². The highest BCUT2D eigenvalue weighted by molar-refractivity contribution is 5.94. The fourth-order valence-electron chi connectivity index (χ4n) is 2.16. The van der Waals surface area contributed by atoms with Gasteiger partial charge in [0.05, 0.1) is 5.56 Å². The van der Waals surface area contributed by atoms with E-state index in [0.717, 1.165) is 24.3 Å². The van der Waals surface area contributed by atoms with Gasteiger partial charge < -0.3 is 9.84 Å². The molecule has 0 aromatic heterocycles. The normalized spacial score (nSPS) is 13.5. The van der Waals surface area contributed by atoms with Gasteiger partial charge in [-0.15, -0.1) is 0 Å². The molecule has 0 saturated heterocycles. The molecule has 0 fully saturated rings. The zero-order valence-electron chi connectivity index (χ0n) is 10.7. The van der Waals surface area contributed by atoms with Crippen LogP contribution >= 0.6 is 0 Å². The van der Waals surface area contributed by atoms with Crippen molar-refractivity contribution < 1.29 is 23.0 Å². The van der Waals surface area contributed by atoms with Gasteiger partial charge in [0.25, 0.3) is 0 Å². The Morgan fingerprint density at radius 2 is 1.76 bits per heavy atom. The molecule has 1 N–H and O–H groups in total. The predicted octanol–water partition coefficient (Wildman–Crippen LogP) is 4.26. The lowest BCUT2D eigenvalue weighted by Crippen LogP contribution is -2.06. The zero-order valence-corrected chi connectivity index (χ0v) is 10.7. The summed E-state index contributed by atoms with van der Waals surface area (Å²) in [6, 6.07) is 5.19. The first-order valence-corrected chi connectivity index (χ1v) is 6.02. The van der Waals surface area contributed by atoms with Gasteiger partial charge in [-0.25, -0.2) is 13.2 Å². The number of benzene rings is 2. The summed E-state index contributed by atoms with van der Waals surface area (Å²) in [6.07, 6.45) is 1.38. The van der Waals surface area contributed by atoms with Crippen molar-refractivity contribution in [1.82, 2.24) is 0 Å². The topological polar surface area (TPSA) is 29.5 Å². The Hall–Kier alpha value is -2.69. The van der Waals surface area contributed by atoms with Crippen LogP contribution in [0.25, 0.3) is 11.6 Å². The Morgan fingerprint density at radius 1 is 1.00 bits per heavy atom. The van der Waals surface area contributed by atoms with Crippen molar-refractivity contribution in [3.8, 4) is 11.5 Å². The standard InChI is InChI=1S/C16H9F3O2/c1-8-12(11-3-2-9(17)5-15(11)20)7-13-14(19)4-10(18)6-16(13)21-8/h2-7,20H,1H2. The predicted molar refractivity (Wildman–Crippen MR) is 72.1 cm³/mol. The third-order valence-corrected chi connectivity index (χ3v) is 3.13. The highest BCUT2D eigenvalue weighted by Gasteiger charge is 2.22. The first kappa shape index (κ1) is 13.3. The van der Waals surface area contributed by atoms with Gasteiger partial charge in [-0.05, 0) is 18.2 Å². The summed E-state index contributed by atoms with van der Waals surface area (Å²) in [5.74, 6) is -2.38. The van der Waals surface area contributed by atoms with Crippen LogP contribution in [-0.2, 0) is 0 Å². The monoisotopic (exact) mass is 290 g/mol. The number of hydrogen-bond acceptors (Lipinski definition) is 2. The largest absolute Gasteiger partial charge is 0.507 e. The minimum Gasteiger partial charge on any atom is -0.507 e. The summed E-state index contributed by atoms with van der Waals surface area (Å²) in [7, 11) is 0. The molecule has 21 heavy (non-hydrogen) atoms. The summed E-state index contributed by atoms with van der Waals surface area (Å²) < 4.78 is 45.3. The smallest absolute Gasteiger partial charge is 0.140 e. The quantitative estimate of drug-likeness (QED) is 0.850. The second-order valence-corrected chi connectivity index (χ2v) is 4.54. The zero-order chi connectivity index (χ0) is 15.1. The van der Waals surface area contributed by atoms with Crippen molar-refractivity contribution in [2.24, 2.45) is 0 Å². The number of allylic oxidation sites excluding steroid dienone is 1. The third kappa shape index (κ3) is 2.27. The van der Waals surface area contributed by atoms with Gasteiger partial charge in [0.15, 0.2) is 0 Å². The minimum atomic E-state index is -0.795. The lowest BCUT2D eigenvalue weighted by molar-refractivity contribution is 0.433. The number of halogens is 3. The second kappa shape index (κ2) is 4.70. The molecule has 0 atom stereocenters. The molecule has 2 aromatic carbocycles. The van der Waals surface area contributed by atoms with E-state index in [-0.39, 0.29) is 28.4 Å². The van der Waals surface area contributed by atoms with E-state index in [0.29, 0.717) is 5.57 Å². The number of rotatable bonds is 1. The van der Waals surface area contributed by atoms with Crippen LogP contribution in [0.2, 0.25) is 0 Å². The van der Waals surface area contributed by atoms with Crippen molar-refractivity contribution >= 4 is 11.6 Å². The number of phenols is 1. The van der Waals surface area contributed by atoms with Gasteiger partial charge in [-0.1, -0.05) is 6.58 Å². The van der Waals surface area contributed by atoms with E-state index < -0.39 is 17.5 Å². The van der Waals surface area contributed by atoms with Crippen LogP contribution < -0.4 is 4.74 Å². The van der Waals surface area contributed by atoms with Crippen molar-refractivity contribution in [3.05, 3.63) is 71.2 Å². The molecular weight excluding hydrogens is 281 g/mol. The minimum absolute atomic E-state index is 0.00264. The fourth-order valence-corrected chi connectivity index (χ4v) is 2.16. The molecule has 0 unspecified atom stereocenters. The third-order valence-electron chi connectivity index (χ3n) is 3.13. The van der Waals surface area contributed by atoms with Crippen molar-refractivity contribution in [1.29, 1.82) is 0 Å². The first-order valence-electron chi connectivity index (χ1n) is 6.02. The second-order valence-electron chi connectivity index (χ2n) is 4.54. The lowest BCUT2D eigenvalue weighted by atomic mass is 9.97. The van der Waals surface area contributed by atoms with Crippen LogP contribution in [0, 0.1) is 17.5 Å². The van der Waals surface area contributed by atoms with E-state index in [2.05, 4.69) is 6.58 Å². The molecule has 1 aliphatic heterocycles. The van der Waals surface area contributed by atoms with E-state index in [9.17, 15) is 18.3 Å². The maximum absolute atomic E-state index is 13.8. The maximum Gasteiger partial charge on any atom is 0.140 e. The molecular formula is C16H9F3O2. The maximum atomic E-state index is 13.8. The molecule has 0 radical (unpaired) electrons. The van der Waals surface area contributed by atoms with Crippen LogP contribution in [0.1, 0.15) is 11.1 Å². The number of aromatic hydroxyl groups is 1. The first-order chi connectivity index (χ1) is 9.95. The number of fused-ring (bicyclic) bond motifs is 1. The van der Waals surface area contributed by atoms with Gasteiger partial charge in [0.1, 0.15) is 34.7 Å². The molecule has 0 amide bonds. The van der Waals surface area contributed by atoms with Crippen molar-refractivity contribution in [3.63, 3.8) is 0 Å². The molecule has 0 saturated carbocycles. The summed E-state index contributed by atoms with van der Waals surface area (Å²) in [5, 5.41) is 9.79. The van der Waals surface area contributed by atoms with Crippen LogP contribution in [0.4, 0.5) is 13.2 Å². The molecule has 0 bridgehead atoms. The van der Waals surface area contributed by atoms with Crippen LogP contribution in [-0.4, -0.2) is 5.11 Å². The molecule has 106 valence electrons. The number of hydrogen-bond donors (Lipinski definition) is 1. The Labute approximate surface area is 118 Å². The summed E-state index contributed by atoms with van der Waals surface area (Å²) in [5.41, 5.74) is 0.587. The van der Waals surface area contributed by atoms with Gasteiger partial charge >= 0.3 is 0 Å². The Kier molecular flexibility index (Phi) is 2.97. The molecule has 5 heteroatoms. The van der Waals surface area contributed by atoms with Crippen molar-refractivity contribution in [2.45, 2.75) is 0 Å². The molecule has 0 aliphatic carbocycles. The van der Waals surface area contributed by atoms with E-state index in [1.54, 1.807) is 0 Å². The molecule has 2 aromatic rings. The Bertz CT molecular complexity index is 794. The van der Waals surface area contributed by atoms with E-state index in [1.807, 2.05) is 0 Å². The van der Waals surface area contributed by atoms with E-state index >= 15 is 0 Å². The van der Waals surface area contributed by atoms with Gasteiger partial charge in [0, 0.05) is 29.3 Å². The molecule has 1 aliphatic rings. The molecule has 3 rings (SSSR count). The van der Waals surface area contributed by atoms with E-state index in [4.69, 9.17) is 4.74 Å². The summed E-state index contributed by atoms with van der Waals surface area (Å²) in [4.78, 5) is 0. The summed E-state index contributed by atoms with van der Waals surface area (Å²) in [6.45, 7) is 3.65. The highest BCUT2D eigenvalue weighted by atomic mass is 19.1. The van der Waals surface area contributed by atoms with Crippen molar-refractivity contribution in [2.75, 3.05) is 0 Å². The Balaban J connectivity index is 2.19. The Morgan fingerprint density at radius 3 is 2.48 bits per heavy atom. The fraction of sp³-hybridized carbons (Fsp3) is 0. The molecule has 0 spiro atoms. The number of phenolic OH excluding ortho intramolecular Hbond substituents is 1. The van der Waals surface area contributed by atoms with Crippen LogP contribution in [0.15, 0.2) is 42.7 Å². The average molecular weight is 290 g/mol. The SMILES string of the molecule is C=C1Oc2cc(F)cc(F)c2C=C1c1ccc(F)cc1O. The number of ether oxygens (including phenoxy) is 1. The molecule has 1 heterocycles. The van der Waals surface area contributed by atoms with Gasteiger partial charge in [-0.2, -0.15) is 0 Å². The summed E-state index contributed by atoms with van der Waals surface area (Å²) >= 11 is 0. The van der Waals surface area contributed by atoms with E-state index in [1.165, 1.54) is 12.1 Å². The van der Waals surface area contributed by atoms with Gasteiger partial charge in [-0.3, -0.25) is 0 Å². The lowest BCUT2D eigenvalue weighted by Gasteiger charge is -2.21.